The van der Waals surface area contributed by atoms with Gasteiger partial charge in [-0.1, -0.05) is 0 Å². The fourth-order valence-corrected chi connectivity index (χ4v) is 1.42. The minimum absolute atomic E-state index is 0.101. The number of nitrogens with zero attached hydrogens (tertiary/aromatic N) is 1. The van der Waals surface area contributed by atoms with E-state index in [1.807, 2.05) is 0 Å². The van der Waals surface area contributed by atoms with Gasteiger partial charge in [0.2, 0.25) is 0 Å². The molecule has 0 saturated carbocycles. The Morgan fingerprint density at radius 1 is 1.10 bits per heavy atom. The summed E-state index contributed by atoms with van der Waals surface area (Å²) >= 11 is 0. The summed E-state index contributed by atoms with van der Waals surface area (Å²) in [4.78, 5) is 21.4. The number of benzene rings is 2. The molecule has 0 spiro atoms. The smallest absolute Gasteiger partial charge is 0.410 e. The van der Waals surface area contributed by atoms with Gasteiger partial charge in [-0.2, -0.15) is 0 Å². The van der Waals surface area contributed by atoms with Crippen molar-refractivity contribution >= 4 is 17.5 Å². The van der Waals surface area contributed by atoms with E-state index in [1.165, 1.54) is 48.5 Å². The third-order valence-electron chi connectivity index (χ3n) is 2.35. The van der Waals surface area contributed by atoms with Crippen LogP contribution in [0.2, 0.25) is 0 Å². The van der Waals surface area contributed by atoms with Crippen LogP contribution in [0, 0.1) is 15.9 Å². The van der Waals surface area contributed by atoms with Crippen LogP contribution in [0.4, 0.5) is 20.6 Å². The Morgan fingerprint density at radius 3 is 2.25 bits per heavy atom. The molecule has 7 heteroatoms. The largest absolute Gasteiger partial charge is 0.417 e. The summed E-state index contributed by atoms with van der Waals surface area (Å²) in [6, 6.07) is 10.2. The number of hydrogen-bond acceptors (Lipinski definition) is 4. The van der Waals surface area contributed by atoms with Crippen molar-refractivity contribution in [1.29, 1.82) is 0 Å². The zero-order chi connectivity index (χ0) is 14.5. The first kappa shape index (κ1) is 13.5. The second kappa shape index (κ2) is 5.79. The third kappa shape index (κ3) is 3.52. The van der Waals surface area contributed by atoms with Crippen molar-refractivity contribution in [3.63, 3.8) is 0 Å². The lowest BCUT2D eigenvalue weighted by Gasteiger charge is -2.06. The van der Waals surface area contributed by atoms with Crippen molar-refractivity contribution in [2.45, 2.75) is 0 Å². The Balaban J connectivity index is 1.97. The van der Waals surface area contributed by atoms with Gasteiger partial charge in [0, 0.05) is 17.8 Å². The molecule has 0 saturated heterocycles. The second-order valence-corrected chi connectivity index (χ2v) is 3.77. The molecule has 0 radical (unpaired) electrons. The number of hydrogen-bond donors (Lipinski definition) is 1. The van der Waals surface area contributed by atoms with Crippen LogP contribution in [0.3, 0.4) is 0 Å². The van der Waals surface area contributed by atoms with Gasteiger partial charge in [0.1, 0.15) is 11.6 Å². The van der Waals surface area contributed by atoms with Gasteiger partial charge in [-0.05, 0) is 36.4 Å². The van der Waals surface area contributed by atoms with Gasteiger partial charge >= 0.3 is 6.09 Å². The fourth-order valence-electron chi connectivity index (χ4n) is 1.42. The molecule has 0 atom stereocenters. The monoisotopic (exact) mass is 275 g/mol. The highest BCUT2D eigenvalue weighted by molar-refractivity contribution is 5.86. The molecule has 0 fully saturated rings. The maximum Gasteiger partial charge on any atom is 0.417 e. The Hall–Kier alpha value is -2.96. The van der Waals surface area contributed by atoms with E-state index < -0.39 is 16.8 Å². The zero-order valence-corrected chi connectivity index (χ0v) is 10.1. The van der Waals surface area contributed by atoms with Crippen LogP contribution in [-0.2, 0) is 0 Å². The quantitative estimate of drug-likeness (QED) is 0.688. The van der Waals surface area contributed by atoms with E-state index >= 15 is 0 Å². The first-order chi connectivity index (χ1) is 9.54. The molecule has 102 valence electrons. The summed E-state index contributed by atoms with van der Waals surface area (Å²) in [5.74, 6) is -0.255. The lowest BCUT2D eigenvalue weighted by Crippen LogP contribution is -2.16. The van der Waals surface area contributed by atoms with Crippen molar-refractivity contribution < 1.29 is 18.8 Å². The minimum atomic E-state index is -0.773. The van der Waals surface area contributed by atoms with E-state index in [1.54, 1.807) is 0 Å². The van der Waals surface area contributed by atoms with Crippen molar-refractivity contribution in [2.75, 3.05) is 5.32 Å². The van der Waals surface area contributed by atoms with E-state index in [9.17, 15) is 19.3 Å². The highest BCUT2D eigenvalue weighted by Gasteiger charge is 2.08. The molecule has 2 aromatic carbocycles. The summed E-state index contributed by atoms with van der Waals surface area (Å²) in [5.41, 5.74) is 0.273. The number of carbonyl (C=O) groups is 1. The summed E-state index contributed by atoms with van der Waals surface area (Å²) in [7, 11) is 0. The van der Waals surface area contributed by atoms with E-state index in [4.69, 9.17) is 4.74 Å². The van der Waals surface area contributed by atoms with Crippen molar-refractivity contribution in [2.24, 2.45) is 0 Å². The molecule has 0 heterocycles. The van der Waals surface area contributed by atoms with Gasteiger partial charge in [-0.25, -0.2) is 9.18 Å². The molecule has 0 unspecified atom stereocenters. The number of nitro benzene ring substituents is 1. The van der Waals surface area contributed by atoms with Gasteiger partial charge in [0.05, 0.1) is 4.92 Å². The lowest BCUT2D eigenvalue weighted by molar-refractivity contribution is -0.384. The molecular formula is C13H9FN2O4. The predicted octanol–water partition coefficient (Wildman–Crippen LogP) is 3.34. The highest BCUT2D eigenvalue weighted by Crippen LogP contribution is 2.18. The number of ether oxygens (including phenoxy) is 1. The van der Waals surface area contributed by atoms with E-state index in [0.29, 0.717) is 5.69 Å². The summed E-state index contributed by atoms with van der Waals surface area (Å²) in [6.07, 6.45) is -0.773. The van der Waals surface area contributed by atoms with Crippen molar-refractivity contribution in [1.82, 2.24) is 0 Å². The molecule has 0 bridgehead atoms. The molecule has 0 aliphatic rings. The van der Waals surface area contributed by atoms with Crippen LogP contribution in [0.25, 0.3) is 0 Å². The van der Waals surface area contributed by atoms with Gasteiger partial charge in [0.15, 0.2) is 0 Å². The van der Waals surface area contributed by atoms with Crippen LogP contribution in [-0.4, -0.2) is 11.0 Å². The van der Waals surface area contributed by atoms with Crippen LogP contribution >= 0.6 is 0 Å². The summed E-state index contributed by atoms with van der Waals surface area (Å²) in [5, 5.41) is 12.9. The molecular weight excluding hydrogens is 266 g/mol. The number of halogens is 1. The third-order valence-corrected chi connectivity index (χ3v) is 2.35. The van der Waals surface area contributed by atoms with Gasteiger partial charge in [-0.3, -0.25) is 15.4 Å². The maximum atomic E-state index is 12.7. The van der Waals surface area contributed by atoms with Crippen LogP contribution in [0.5, 0.6) is 5.75 Å². The number of rotatable bonds is 3. The van der Waals surface area contributed by atoms with E-state index in [0.717, 1.165) is 0 Å². The normalized spacial score (nSPS) is 9.85. The first-order valence-electron chi connectivity index (χ1n) is 5.53. The number of non-ortho nitro benzene ring substituents is 1. The molecule has 0 aliphatic carbocycles. The maximum absolute atomic E-state index is 12.7. The Kier molecular flexibility index (Phi) is 3.90. The number of nitrogens with one attached hydrogen (secondary N) is 1. The van der Waals surface area contributed by atoms with E-state index in [-0.39, 0.29) is 11.4 Å². The Morgan fingerprint density at radius 2 is 1.70 bits per heavy atom. The molecule has 20 heavy (non-hydrogen) atoms. The second-order valence-electron chi connectivity index (χ2n) is 3.77. The van der Waals surface area contributed by atoms with Gasteiger partial charge in [-0.15, -0.1) is 0 Å². The Bertz CT molecular complexity index is 626. The highest BCUT2D eigenvalue weighted by atomic mass is 18.2. The molecule has 2 aromatic rings. The molecule has 1 N–H and O–H groups in total. The van der Waals surface area contributed by atoms with Crippen LogP contribution < -0.4 is 10.1 Å². The summed E-state index contributed by atoms with van der Waals surface area (Å²) in [6.45, 7) is 0. The van der Waals surface area contributed by atoms with Crippen molar-refractivity contribution in [3.8, 4) is 5.75 Å². The van der Waals surface area contributed by atoms with Crippen LogP contribution in [0.15, 0.2) is 48.5 Å². The standard InChI is InChI=1S/C13H9FN2O4/c14-9-1-3-10(4-2-9)15-13(17)20-12-7-5-11(6-8-12)16(18)19/h1-8H,(H,15,17)/i14-1. The number of nitro groups is 1. The lowest BCUT2D eigenvalue weighted by atomic mass is 10.3. The molecule has 0 aliphatic heterocycles. The number of amides is 1. The fraction of sp³-hybridized carbons (Fsp3) is 0. The van der Waals surface area contributed by atoms with Crippen molar-refractivity contribution in [3.05, 3.63) is 64.5 Å². The molecule has 1 amide bonds. The number of anilines is 1. The predicted molar refractivity (Wildman–Crippen MR) is 69.1 cm³/mol. The average molecular weight is 275 g/mol. The van der Waals surface area contributed by atoms with E-state index in [2.05, 4.69) is 5.32 Å². The SMILES string of the molecule is O=C(Nc1ccc([18F])cc1)Oc1ccc([N+](=O)[O-])cc1. The average Bonchev–Trinajstić information content (AvgIpc) is 2.42. The van der Waals surface area contributed by atoms with Gasteiger partial charge < -0.3 is 4.74 Å². The Labute approximate surface area is 112 Å². The number of carbonyl (C=O) groups excluding carboxylic acids is 1. The molecule has 0 aromatic heterocycles. The summed E-state index contributed by atoms with van der Waals surface area (Å²) < 4.78 is 17.6. The topological polar surface area (TPSA) is 81.5 Å². The molecule has 6 nitrogen and oxygen atoms in total. The zero-order valence-electron chi connectivity index (χ0n) is 10.1. The minimum Gasteiger partial charge on any atom is -0.410 e. The molecule has 2 rings (SSSR count). The van der Waals surface area contributed by atoms with Crippen LogP contribution in [0.1, 0.15) is 0 Å². The van der Waals surface area contributed by atoms with Gasteiger partial charge in [0.25, 0.3) is 5.69 Å². The first-order valence-corrected chi connectivity index (χ1v) is 5.53.